The molecule has 0 aromatic rings. The normalized spacial score (nSPS) is 33.8. The lowest BCUT2D eigenvalue weighted by atomic mass is 9.77. The quantitative estimate of drug-likeness (QED) is 0.860. The van der Waals surface area contributed by atoms with E-state index in [9.17, 15) is 9.90 Å². The Kier molecular flexibility index (Phi) is 5.44. The number of rotatable bonds is 4. The minimum absolute atomic E-state index is 0.491. The Morgan fingerprint density at radius 3 is 2.65 bits per heavy atom. The van der Waals surface area contributed by atoms with Gasteiger partial charge >= 0.3 is 5.97 Å². The van der Waals surface area contributed by atoms with Gasteiger partial charge in [-0.1, -0.05) is 13.8 Å². The van der Waals surface area contributed by atoms with Crippen LogP contribution in [-0.4, -0.2) is 59.6 Å². The van der Waals surface area contributed by atoms with E-state index in [-0.39, 0.29) is 0 Å². The number of hydrogen-bond acceptors (Lipinski definition) is 3. The molecule has 2 fully saturated rings. The lowest BCUT2D eigenvalue weighted by Gasteiger charge is -2.43. The van der Waals surface area contributed by atoms with Crippen molar-refractivity contribution >= 4 is 5.97 Å². The molecule has 2 aliphatic heterocycles. The third-order valence-electron chi connectivity index (χ3n) is 5.49. The summed E-state index contributed by atoms with van der Waals surface area (Å²) < 4.78 is 0. The van der Waals surface area contributed by atoms with Crippen LogP contribution in [0.4, 0.5) is 0 Å². The number of carboxylic acid groups (broad SMARTS) is 1. The van der Waals surface area contributed by atoms with E-state index in [1.807, 2.05) is 6.92 Å². The smallest absolute Gasteiger partial charge is 0.310 e. The van der Waals surface area contributed by atoms with Crippen LogP contribution >= 0.6 is 0 Å². The van der Waals surface area contributed by atoms with E-state index in [0.717, 1.165) is 38.9 Å². The van der Waals surface area contributed by atoms with E-state index in [2.05, 4.69) is 16.7 Å². The molecule has 20 heavy (non-hydrogen) atoms. The molecule has 116 valence electrons. The van der Waals surface area contributed by atoms with Gasteiger partial charge in [0.1, 0.15) is 0 Å². The van der Waals surface area contributed by atoms with E-state index in [4.69, 9.17) is 0 Å². The molecular formula is C16H30N2O2. The van der Waals surface area contributed by atoms with Crippen molar-refractivity contribution in [2.75, 3.05) is 32.7 Å². The number of carbonyl (C=O) groups is 1. The van der Waals surface area contributed by atoms with Crippen LogP contribution < -0.4 is 0 Å². The van der Waals surface area contributed by atoms with Gasteiger partial charge < -0.3 is 10.0 Å². The zero-order chi connectivity index (χ0) is 14.6. The highest BCUT2D eigenvalue weighted by molar-refractivity contribution is 5.75. The van der Waals surface area contributed by atoms with Crippen LogP contribution in [0.5, 0.6) is 0 Å². The molecule has 2 atom stereocenters. The summed E-state index contributed by atoms with van der Waals surface area (Å²) in [5.41, 5.74) is -0.491. The van der Waals surface area contributed by atoms with Crippen molar-refractivity contribution in [3.63, 3.8) is 0 Å². The van der Waals surface area contributed by atoms with E-state index >= 15 is 0 Å². The van der Waals surface area contributed by atoms with Crippen molar-refractivity contribution in [1.29, 1.82) is 0 Å². The molecule has 0 bridgehead atoms. The molecule has 0 spiro atoms. The maximum atomic E-state index is 11.7. The van der Waals surface area contributed by atoms with Crippen LogP contribution in [-0.2, 0) is 4.79 Å². The lowest BCUT2D eigenvalue weighted by Crippen LogP contribution is -2.51. The fraction of sp³-hybridized carbons (Fsp3) is 0.938. The third-order valence-corrected chi connectivity index (χ3v) is 5.49. The summed E-state index contributed by atoms with van der Waals surface area (Å²) in [5.74, 6) is -0.589. The van der Waals surface area contributed by atoms with Crippen LogP contribution in [0.2, 0.25) is 0 Å². The van der Waals surface area contributed by atoms with Gasteiger partial charge in [-0.3, -0.25) is 9.69 Å². The minimum Gasteiger partial charge on any atom is -0.481 e. The highest BCUT2D eigenvalue weighted by atomic mass is 16.4. The number of carboxylic acids is 1. The predicted molar refractivity (Wildman–Crippen MR) is 80.9 cm³/mol. The van der Waals surface area contributed by atoms with Gasteiger partial charge in [0.15, 0.2) is 0 Å². The van der Waals surface area contributed by atoms with Crippen molar-refractivity contribution in [2.24, 2.45) is 5.41 Å². The first-order valence-corrected chi connectivity index (χ1v) is 8.31. The number of aliphatic carboxylic acids is 1. The second-order valence-corrected chi connectivity index (χ2v) is 6.53. The number of likely N-dealkylation sites (tertiary alicyclic amines) is 2. The molecule has 2 saturated heterocycles. The zero-order valence-electron chi connectivity index (χ0n) is 13.1. The van der Waals surface area contributed by atoms with Crippen LogP contribution in [0.25, 0.3) is 0 Å². The van der Waals surface area contributed by atoms with Crippen LogP contribution in [0.1, 0.15) is 52.4 Å². The van der Waals surface area contributed by atoms with E-state index in [1.54, 1.807) is 0 Å². The number of piperidine rings is 1. The topological polar surface area (TPSA) is 43.8 Å². The first-order valence-electron chi connectivity index (χ1n) is 8.31. The van der Waals surface area contributed by atoms with Crippen molar-refractivity contribution in [1.82, 2.24) is 9.80 Å². The molecule has 0 radical (unpaired) electrons. The summed E-state index contributed by atoms with van der Waals surface area (Å²) in [6.07, 6.45) is 6.33. The highest BCUT2D eigenvalue weighted by Gasteiger charge is 2.42. The second kappa shape index (κ2) is 6.90. The van der Waals surface area contributed by atoms with Gasteiger partial charge in [0.2, 0.25) is 0 Å². The first-order chi connectivity index (χ1) is 9.61. The lowest BCUT2D eigenvalue weighted by molar-refractivity contribution is -0.153. The maximum absolute atomic E-state index is 11.7. The molecular weight excluding hydrogens is 252 g/mol. The Balaban J connectivity index is 1.99. The van der Waals surface area contributed by atoms with Gasteiger partial charge in [-0.25, -0.2) is 0 Å². The first kappa shape index (κ1) is 15.8. The van der Waals surface area contributed by atoms with Gasteiger partial charge in [-0.05, 0) is 64.7 Å². The molecule has 2 heterocycles. The van der Waals surface area contributed by atoms with Crippen LogP contribution in [0.3, 0.4) is 0 Å². The summed E-state index contributed by atoms with van der Waals surface area (Å²) in [4.78, 5) is 16.7. The molecule has 0 aromatic heterocycles. The maximum Gasteiger partial charge on any atom is 0.310 e. The van der Waals surface area contributed by atoms with E-state index in [0.29, 0.717) is 6.04 Å². The largest absolute Gasteiger partial charge is 0.481 e. The van der Waals surface area contributed by atoms with Crippen molar-refractivity contribution in [3.8, 4) is 0 Å². The summed E-state index contributed by atoms with van der Waals surface area (Å²) in [7, 11) is 0. The van der Waals surface area contributed by atoms with Gasteiger partial charge in [-0.15, -0.1) is 0 Å². The SMILES string of the molecule is CCN1CCCC(N2CCCC(CC)(C(=O)O)C2)CC1. The fourth-order valence-electron chi connectivity index (χ4n) is 3.91. The van der Waals surface area contributed by atoms with Crippen LogP contribution in [0, 0.1) is 5.41 Å². The standard InChI is InChI=1S/C16H30N2O2/c1-3-16(15(19)20)9-6-11-18(13-16)14-7-5-10-17(4-2)12-8-14/h14H,3-13H2,1-2H3,(H,19,20). The molecule has 0 saturated carbocycles. The highest BCUT2D eigenvalue weighted by Crippen LogP contribution is 2.35. The Morgan fingerprint density at radius 1 is 1.20 bits per heavy atom. The van der Waals surface area contributed by atoms with E-state index < -0.39 is 11.4 Å². The molecule has 0 aromatic carbocycles. The fourth-order valence-corrected chi connectivity index (χ4v) is 3.91. The van der Waals surface area contributed by atoms with Crippen LogP contribution in [0.15, 0.2) is 0 Å². The Morgan fingerprint density at radius 2 is 2.00 bits per heavy atom. The average Bonchev–Trinajstić information content (AvgIpc) is 2.72. The number of nitrogens with zero attached hydrogens (tertiary/aromatic N) is 2. The summed E-state index contributed by atoms with van der Waals surface area (Å²) >= 11 is 0. The average molecular weight is 282 g/mol. The molecule has 2 unspecified atom stereocenters. The van der Waals surface area contributed by atoms with Gasteiger partial charge in [0.05, 0.1) is 5.41 Å². The number of hydrogen-bond donors (Lipinski definition) is 1. The molecule has 2 rings (SSSR count). The zero-order valence-corrected chi connectivity index (χ0v) is 13.1. The van der Waals surface area contributed by atoms with Gasteiger partial charge in [0, 0.05) is 12.6 Å². The monoisotopic (exact) mass is 282 g/mol. The molecule has 0 amide bonds. The molecule has 4 heteroatoms. The summed E-state index contributed by atoms with van der Waals surface area (Å²) in [6, 6.07) is 0.595. The second-order valence-electron chi connectivity index (χ2n) is 6.53. The Bertz CT molecular complexity index is 334. The Labute approximate surface area is 123 Å². The molecule has 4 nitrogen and oxygen atoms in total. The van der Waals surface area contributed by atoms with Crippen molar-refractivity contribution in [2.45, 2.75) is 58.4 Å². The van der Waals surface area contributed by atoms with E-state index in [1.165, 1.54) is 32.4 Å². The predicted octanol–water partition coefficient (Wildman–Crippen LogP) is 2.44. The van der Waals surface area contributed by atoms with Gasteiger partial charge in [-0.2, -0.15) is 0 Å². The third kappa shape index (κ3) is 3.34. The summed E-state index contributed by atoms with van der Waals surface area (Å²) in [6.45, 7) is 9.63. The van der Waals surface area contributed by atoms with Crippen molar-refractivity contribution < 1.29 is 9.90 Å². The summed E-state index contributed by atoms with van der Waals surface area (Å²) in [5, 5.41) is 9.61. The van der Waals surface area contributed by atoms with Gasteiger partial charge in [0.25, 0.3) is 0 Å². The Hall–Kier alpha value is -0.610. The van der Waals surface area contributed by atoms with Crippen molar-refractivity contribution in [3.05, 3.63) is 0 Å². The molecule has 2 aliphatic rings. The minimum atomic E-state index is -0.589. The molecule has 0 aliphatic carbocycles. The molecule has 1 N–H and O–H groups in total.